The van der Waals surface area contributed by atoms with Crippen LogP contribution in [0.1, 0.15) is 32.0 Å². The highest BCUT2D eigenvalue weighted by atomic mass is 16.1. The maximum absolute atomic E-state index is 13.0. The third kappa shape index (κ3) is 3.64. The topological polar surface area (TPSA) is 62.5 Å². The van der Waals surface area contributed by atoms with Crippen molar-refractivity contribution in [2.24, 2.45) is 5.10 Å². The van der Waals surface area contributed by atoms with Crippen LogP contribution in [0, 0.1) is 0 Å². The number of para-hydroxylation sites is 1. The lowest BCUT2D eigenvalue weighted by atomic mass is 10.1. The molecule has 24 heavy (non-hydrogen) atoms. The molecule has 0 atom stereocenters. The van der Waals surface area contributed by atoms with E-state index in [2.05, 4.69) is 15.4 Å². The third-order valence-corrected chi connectivity index (χ3v) is 4.44. The summed E-state index contributed by atoms with van der Waals surface area (Å²) in [7, 11) is 1.76. The smallest absolute Gasteiger partial charge is 0.261 e. The highest BCUT2D eigenvalue weighted by molar-refractivity contribution is 5.82. The van der Waals surface area contributed by atoms with Crippen molar-refractivity contribution < 1.29 is 0 Å². The van der Waals surface area contributed by atoms with Gasteiger partial charge in [-0.1, -0.05) is 18.6 Å². The second-order valence-corrected chi connectivity index (χ2v) is 6.34. The van der Waals surface area contributed by atoms with E-state index < -0.39 is 0 Å². The first-order valence-electron chi connectivity index (χ1n) is 8.60. The van der Waals surface area contributed by atoms with Crippen molar-refractivity contribution in [1.82, 2.24) is 19.9 Å². The van der Waals surface area contributed by atoms with E-state index in [-0.39, 0.29) is 5.56 Å². The van der Waals surface area contributed by atoms with Gasteiger partial charge in [0.25, 0.3) is 5.56 Å². The molecule has 2 heterocycles. The zero-order valence-electron chi connectivity index (χ0n) is 14.5. The molecular weight excluding hydrogens is 302 g/mol. The summed E-state index contributed by atoms with van der Waals surface area (Å²) in [5.74, 6) is 0.825. The SMILES string of the molecule is CNN=C(C)Cn1c(CN2CCCCC2)nc2ccccc2c1=O. The van der Waals surface area contributed by atoms with E-state index in [4.69, 9.17) is 4.98 Å². The number of aromatic nitrogens is 2. The van der Waals surface area contributed by atoms with Crippen molar-refractivity contribution in [2.75, 3.05) is 20.1 Å². The van der Waals surface area contributed by atoms with Gasteiger partial charge in [0.15, 0.2) is 0 Å². The predicted octanol–water partition coefficient (Wildman–Crippen LogP) is 1.98. The van der Waals surface area contributed by atoms with Gasteiger partial charge in [0.05, 0.1) is 29.7 Å². The van der Waals surface area contributed by atoms with Crippen LogP contribution in [-0.4, -0.2) is 40.3 Å². The quantitative estimate of drug-likeness (QED) is 0.674. The van der Waals surface area contributed by atoms with Gasteiger partial charge >= 0.3 is 0 Å². The standard InChI is InChI=1S/C18H25N5O/c1-14(21-19-2)12-23-17(13-22-10-6-3-7-11-22)20-16-9-5-4-8-15(16)18(23)24/h4-5,8-9,19H,3,6-7,10-13H2,1-2H3. The van der Waals surface area contributed by atoms with Crippen molar-refractivity contribution in [2.45, 2.75) is 39.3 Å². The Morgan fingerprint density at radius 2 is 2.00 bits per heavy atom. The van der Waals surface area contributed by atoms with Gasteiger partial charge in [0, 0.05) is 7.05 Å². The Morgan fingerprint density at radius 3 is 2.75 bits per heavy atom. The van der Waals surface area contributed by atoms with Gasteiger partial charge in [-0.25, -0.2) is 4.98 Å². The Bertz CT molecular complexity index is 790. The molecule has 6 heteroatoms. The fourth-order valence-corrected chi connectivity index (χ4v) is 3.27. The van der Waals surface area contributed by atoms with Gasteiger partial charge in [-0.2, -0.15) is 5.10 Å². The first-order valence-corrected chi connectivity index (χ1v) is 8.60. The minimum atomic E-state index is 0.0123. The molecule has 0 bridgehead atoms. The summed E-state index contributed by atoms with van der Waals surface area (Å²) in [6, 6.07) is 7.57. The molecule has 1 fully saturated rings. The van der Waals surface area contributed by atoms with Crippen LogP contribution in [0.2, 0.25) is 0 Å². The molecule has 1 aliphatic heterocycles. The zero-order valence-corrected chi connectivity index (χ0v) is 14.5. The van der Waals surface area contributed by atoms with Crippen molar-refractivity contribution in [3.05, 3.63) is 40.4 Å². The van der Waals surface area contributed by atoms with Gasteiger partial charge < -0.3 is 5.43 Å². The summed E-state index contributed by atoms with van der Waals surface area (Å²) in [5, 5.41) is 4.86. The Morgan fingerprint density at radius 1 is 1.25 bits per heavy atom. The molecule has 0 unspecified atom stereocenters. The molecule has 0 amide bonds. The third-order valence-electron chi connectivity index (χ3n) is 4.44. The molecule has 0 spiro atoms. The summed E-state index contributed by atoms with van der Waals surface area (Å²) < 4.78 is 1.77. The van der Waals surface area contributed by atoms with Crippen molar-refractivity contribution in [1.29, 1.82) is 0 Å². The lowest BCUT2D eigenvalue weighted by Gasteiger charge is -2.27. The minimum absolute atomic E-state index is 0.0123. The van der Waals surface area contributed by atoms with Crippen molar-refractivity contribution in [3.8, 4) is 0 Å². The molecule has 0 radical (unpaired) electrons. The second-order valence-electron chi connectivity index (χ2n) is 6.34. The highest BCUT2D eigenvalue weighted by Crippen LogP contribution is 2.14. The van der Waals surface area contributed by atoms with Crippen LogP contribution in [0.15, 0.2) is 34.2 Å². The molecule has 3 rings (SSSR count). The van der Waals surface area contributed by atoms with Gasteiger partial charge in [0.2, 0.25) is 0 Å². The minimum Gasteiger partial charge on any atom is -0.313 e. The van der Waals surface area contributed by atoms with Gasteiger partial charge in [-0.05, 0) is 45.0 Å². The van der Waals surface area contributed by atoms with E-state index in [1.165, 1.54) is 19.3 Å². The molecule has 2 aromatic rings. The number of hydrazone groups is 1. The summed E-state index contributed by atoms with van der Waals surface area (Å²) in [5.41, 5.74) is 4.43. The fraction of sp³-hybridized carbons (Fsp3) is 0.500. The van der Waals surface area contributed by atoms with Crippen LogP contribution in [0.25, 0.3) is 10.9 Å². The van der Waals surface area contributed by atoms with Crippen LogP contribution < -0.4 is 11.0 Å². The summed E-state index contributed by atoms with van der Waals surface area (Å²) in [4.78, 5) is 20.1. The molecule has 1 aromatic carbocycles. The predicted molar refractivity (Wildman–Crippen MR) is 97.3 cm³/mol. The van der Waals surface area contributed by atoms with Gasteiger partial charge in [0.1, 0.15) is 5.82 Å². The number of hydrogen-bond acceptors (Lipinski definition) is 5. The number of rotatable bonds is 5. The lowest BCUT2D eigenvalue weighted by molar-refractivity contribution is 0.213. The van der Waals surface area contributed by atoms with E-state index in [0.29, 0.717) is 18.5 Å². The number of benzene rings is 1. The number of piperidine rings is 1. The fourth-order valence-electron chi connectivity index (χ4n) is 3.27. The molecular formula is C18H25N5O. The first kappa shape index (κ1) is 16.6. The van der Waals surface area contributed by atoms with Crippen LogP contribution in [0.5, 0.6) is 0 Å². The van der Waals surface area contributed by atoms with E-state index in [0.717, 1.165) is 30.1 Å². The Hall–Kier alpha value is -2.21. The molecule has 0 aliphatic carbocycles. The molecule has 1 aliphatic rings. The average molecular weight is 327 g/mol. The summed E-state index contributed by atoms with van der Waals surface area (Å²) >= 11 is 0. The molecule has 0 saturated carbocycles. The normalized spacial score (nSPS) is 16.5. The van der Waals surface area contributed by atoms with Gasteiger partial charge in [-0.15, -0.1) is 0 Å². The van der Waals surface area contributed by atoms with E-state index in [1.807, 2.05) is 31.2 Å². The maximum atomic E-state index is 13.0. The summed E-state index contributed by atoms with van der Waals surface area (Å²) in [6.07, 6.45) is 3.73. The first-order chi connectivity index (χ1) is 11.7. The van der Waals surface area contributed by atoms with E-state index in [9.17, 15) is 4.79 Å². The highest BCUT2D eigenvalue weighted by Gasteiger charge is 2.16. The van der Waals surface area contributed by atoms with Crippen LogP contribution in [0.4, 0.5) is 0 Å². The van der Waals surface area contributed by atoms with Crippen molar-refractivity contribution >= 4 is 16.6 Å². The Kier molecular flexibility index (Phi) is 5.25. The zero-order chi connectivity index (χ0) is 16.9. The maximum Gasteiger partial charge on any atom is 0.261 e. The molecule has 6 nitrogen and oxygen atoms in total. The average Bonchev–Trinajstić information content (AvgIpc) is 2.59. The van der Waals surface area contributed by atoms with Crippen LogP contribution in [-0.2, 0) is 13.1 Å². The number of fused-ring (bicyclic) bond motifs is 1. The van der Waals surface area contributed by atoms with Crippen LogP contribution >= 0.6 is 0 Å². The number of likely N-dealkylation sites (tertiary alicyclic amines) is 1. The Labute approximate surface area is 142 Å². The molecule has 128 valence electrons. The van der Waals surface area contributed by atoms with E-state index >= 15 is 0 Å². The van der Waals surface area contributed by atoms with Crippen molar-refractivity contribution in [3.63, 3.8) is 0 Å². The van der Waals surface area contributed by atoms with Crippen LogP contribution in [0.3, 0.4) is 0 Å². The monoisotopic (exact) mass is 327 g/mol. The summed E-state index contributed by atoms with van der Waals surface area (Å²) in [6.45, 7) is 5.25. The second kappa shape index (κ2) is 7.57. The molecule has 1 saturated heterocycles. The lowest BCUT2D eigenvalue weighted by Crippen LogP contribution is -2.35. The molecule has 1 aromatic heterocycles. The Balaban J connectivity index is 2.03. The number of hydrogen-bond donors (Lipinski definition) is 1. The number of nitrogens with zero attached hydrogens (tertiary/aromatic N) is 4. The number of nitrogens with one attached hydrogen (secondary N) is 1. The largest absolute Gasteiger partial charge is 0.313 e. The molecule has 1 N–H and O–H groups in total. The van der Waals surface area contributed by atoms with Gasteiger partial charge in [-0.3, -0.25) is 14.3 Å². The van der Waals surface area contributed by atoms with E-state index in [1.54, 1.807) is 11.6 Å².